The van der Waals surface area contributed by atoms with E-state index in [2.05, 4.69) is 10.1 Å². The molecule has 0 saturated carbocycles. The van der Waals surface area contributed by atoms with Gasteiger partial charge in [-0.05, 0) is 55.3 Å². The van der Waals surface area contributed by atoms with E-state index in [1.54, 1.807) is 48.5 Å². The molecule has 1 N–H and O–H groups in total. The largest absolute Gasteiger partial charge is 0.465 e. The summed E-state index contributed by atoms with van der Waals surface area (Å²) in [5.74, 6) is -0.816. The molecule has 28 heavy (non-hydrogen) atoms. The molecule has 0 radical (unpaired) electrons. The number of carbonyl (C=O) groups excluding carboxylic acids is 3. The van der Waals surface area contributed by atoms with Crippen LogP contribution in [0.5, 0.6) is 0 Å². The van der Waals surface area contributed by atoms with Gasteiger partial charge in [0.05, 0.1) is 12.7 Å². The molecule has 0 aromatic heterocycles. The van der Waals surface area contributed by atoms with E-state index in [-0.39, 0.29) is 11.8 Å². The van der Waals surface area contributed by atoms with Gasteiger partial charge in [0.15, 0.2) is 0 Å². The third-order valence-corrected chi connectivity index (χ3v) is 4.21. The number of benzene rings is 2. The van der Waals surface area contributed by atoms with Crippen molar-refractivity contribution >= 4 is 23.5 Å². The fraction of sp³-hybridized carbons (Fsp3) is 0.318. The Morgan fingerprint density at radius 3 is 2.07 bits per heavy atom. The Hall–Kier alpha value is -3.15. The van der Waals surface area contributed by atoms with Gasteiger partial charge in [-0.3, -0.25) is 9.59 Å². The molecule has 2 aromatic rings. The number of esters is 1. The van der Waals surface area contributed by atoms with Crippen LogP contribution in [-0.2, 0) is 4.74 Å². The Kier molecular flexibility index (Phi) is 7.75. The maximum Gasteiger partial charge on any atom is 0.337 e. The summed E-state index contributed by atoms with van der Waals surface area (Å²) < 4.78 is 4.68. The van der Waals surface area contributed by atoms with Crippen LogP contribution >= 0.6 is 0 Å². The average molecular weight is 382 g/mol. The molecule has 0 heterocycles. The number of hydrogen-bond donors (Lipinski definition) is 1. The Morgan fingerprint density at radius 1 is 0.893 bits per heavy atom. The summed E-state index contributed by atoms with van der Waals surface area (Å²) in [6.07, 6.45) is 1.80. The molecule has 2 aromatic carbocycles. The predicted octanol–water partition coefficient (Wildman–Crippen LogP) is 3.99. The molecule has 0 saturated heterocycles. The summed E-state index contributed by atoms with van der Waals surface area (Å²) in [4.78, 5) is 38.5. The molecule has 0 spiro atoms. The minimum atomic E-state index is -0.470. The highest BCUT2D eigenvalue weighted by Gasteiger charge is 2.15. The van der Waals surface area contributed by atoms with Gasteiger partial charge in [-0.1, -0.05) is 19.9 Å². The molecule has 0 unspecified atom stereocenters. The highest BCUT2D eigenvalue weighted by Crippen LogP contribution is 2.14. The van der Waals surface area contributed by atoms with Crippen molar-refractivity contribution < 1.29 is 19.1 Å². The van der Waals surface area contributed by atoms with Crippen LogP contribution in [0.25, 0.3) is 0 Å². The van der Waals surface area contributed by atoms with Crippen LogP contribution < -0.4 is 5.32 Å². The maximum atomic E-state index is 12.6. The van der Waals surface area contributed by atoms with Crippen LogP contribution in [0.4, 0.5) is 5.69 Å². The molecule has 0 bridgehead atoms. The topological polar surface area (TPSA) is 75.7 Å². The van der Waals surface area contributed by atoms with Crippen LogP contribution in [0.15, 0.2) is 48.5 Å². The molecule has 0 fully saturated rings. The average Bonchev–Trinajstić information content (AvgIpc) is 2.72. The van der Waals surface area contributed by atoms with Gasteiger partial charge in [-0.25, -0.2) is 4.79 Å². The number of carbonyl (C=O) groups is 3. The van der Waals surface area contributed by atoms with Crippen molar-refractivity contribution in [3.8, 4) is 0 Å². The minimum Gasteiger partial charge on any atom is -0.465 e. The number of hydrogen-bond acceptors (Lipinski definition) is 4. The fourth-order valence-corrected chi connectivity index (χ4v) is 2.85. The number of nitrogens with zero attached hydrogens (tertiary/aromatic N) is 1. The Morgan fingerprint density at radius 2 is 1.50 bits per heavy atom. The second-order valence-electron chi connectivity index (χ2n) is 6.40. The SMILES string of the molecule is CCCN(CCC)C(=O)c1ccc(C(=O)Nc2cccc(C(=O)OC)c2)cc1. The Bertz CT molecular complexity index is 825. The van der Waals surface area contributed by atoms with Gasteiger partial charge < -0.3 is 15.0 Å². The number of ether oxygens (including phenoxy) is 1. The number of nitrogens with one attached hydrogen (secondary N) is 1. The van der Waals surface area contributed by atoms with E-state index in [0.717, 1.165) is 12.8 Å². The molecule has 2 amide bonds. The number of methoxy groups -OCH3 is 1. The molecule has 148 valence electrons. The van der Waals surface area contributed by atoms with Crippen molar-refractivity contribution in [2.75, 3.05) is 25.5 Å². The third-order valence-electron chi connectivity index (χ3n) is 4.21. The number of rotatable bonds is 8. The van der Waals surface area contributed by atoms with Crippen LogP contribution in [0.1, 0.15) is 57.8 Å². The normalized spacial score (nSPS) is 10.2. The van der Waals surface area contributed by atoms with E-state index < -0.39 is 5.97 Å². The van der Waals surface area contributed by atoms with Crippen molar-refractivity contribution in [1.29, 1.82) is 0 Å². The first-order valence-electron chi connectivity index (χ1n) is 9.39. The highest BCUT2D eigenvalue weighted by atomic mass is 16.5. The monoisotopic (exact) mass is 382 g/mol. The second-order valence-corrected chi connectivity index (χ2v) is 6.40. The molecule has 0 aliphatic heterocycles. The quantitative estimate of drug-likeness (QED) is 0.701. The van der Waals surface area contributed by atoms with Crippen molar-refractivity contribution in [3.63, 3.8) is 0 Å². The predicted molar refractivity (Wildman–Crippen MR) is 109 cm³/mol. The molecular weight excluding hydrogens is 356 g/mol. The van der Waals surface area contributed by atoms with Gasteiger partial charge in [-0.15, -0.1) is 0 Å². The van der Waals surface area contributed by atoms with Crippen molar-refractivity contribution in [3.05, 3.63) is 65.2 Å². The zero-order chi connectivity index (χ0) is 20.5. The standard InChI is InChI=1S/C22H26N2O4/c1-4-13-24(14-5-2)21(26)17-11-9-16(10-12-17)20(25)23-19-8-6-7-18(15-19)22(27)28-3/h6-12,15H,4-5,13-14H2,1-3H3,(H,23,25). The zero-order valence-corrected chi connectivity index (χ0v) is 16.5. The van der Waals surface area contributed by atoms with Gasteiger partial charge >= 0.3 is 5.97 Å². The lowest BCUT2D eigenvalue weighted by Crippen LogP contribution is -2.32. The summed E-state index contributed by atoms with van der Waals surface area (Å²) in [6, 6.07) is 13.1. The van der Waals surface area contributed by atoms with Crippen molar-refractivity contribution in [2.45, 2.75) is 26.7 Å². The van der Waals surface area contributed by atoms with Gasteiger partial charge in [0, 0.05) is 29.9 Å². The molecule has 6 nitrogen and oxygen atoms in total. The molecule has 0 aliphatic carbocycles. The molecule has 0 atom stereocenters. The van der Waals surface area contributed by atoms with E-state index in [1.165, 1.54) is 7.11 Å². The fourth-order valence-electron chi connectivity index (χ4n) is 2.85. The van der Waals surface area contributed by atoms with E-state index in [9.17, 15) is 14.4 Å². The lowest BCUT2D eigenvalue weighted by Gasteiger charge is -2.21. The van der Waals surface area contributed by atoms with Crippen LogP contribution in [0, 0.1) is 0 Å². The van der Waals surface area contributed by atoms with E-state index in [4.69, 9.17) is 0 Å². The summed E-state index contributed by atoms with van der Waals surface area (Å²) in [5.41, 5.74) is 1.84. The van der Waals surface area contributed by atoms with E-state index in [1.807, 2.05) is 18.7 Å². The van der Waals surface area contributed by atoms with Crippen molar-refractivity contribution in [1.82, 2.24) is 4.90 Å². The van der Waals surface area contributed by atoms with E-state index in [0.29, 0.717) is 35.5 Å². The molecular formula is C22H26N2O4. The molecule has 2 rings (SSSR count). The Labute approximate surface area is 165 Å². The summed E-state index contributed by atoms with van der Waals surface area (Å²) in [7, 11) is 1.30. The van der Waals surface area contributed by atoms with Crippen LogP contribution in [0.3, 0.4) is 0 Å². The van der Waals surface area contributed by atoms with Gasteiger partial charge in [0.25, 0.3) is 11.8 Å². The van der Waals surface area contributed by atoms with Gasteiger partial charge in [0.2, 0.25) is 0 Å². The van der Waals surface area contributed by atoms with Crippen LogP contribution in [0.2, 0.25) is 0 Å². The first kappa shape index (κ1) is 21.2. The van der Waals surface area contributed by atoms with Crippen molar-refractivity contribution in [2.24, 2.45) is 0 Å². The summed E-state index contributed by atoms with van der Waals surface area (Å²) in [6.45, 7) is 5.51. The van der Waals surface area contributed by atoms with E-state index >= 15 is 0 Å². The first-order valence-corrected chi connectivity index (χ1v) is 9.39. The molecule has 0 aliphatic rings. The lowest BCUT2D eigenvalue weighted by atomic mass is 10.1. The summed E-state index contributed by atoms with van der Waals surface area (Å²) >= 11 is 0. The smallest absolute Gasteiger partial charge is 0.337 e. The zero-order valence-electron chi connectivity index (χ0n) is 16.5. The number of amides is 2. The van der Waals surface area contributed by atoms with Gasteiger partial charge in [0.1, 0.15) is 0 Å². The molecule has 6 heteroatoms. The lowest BCUT2D eigenvalue weighted by molar-refractivity contribution is 0.0600. The Balaban J connectivity index is 2.09. The minimum absolute atomic E-state index is 0.0264. The summed E-state index contributed by atoms with van der Waals surface area (Å²) in [5, 5.41) is 2.75. The maximum absolute atomic E-state index is 12.6. The first-order chi connectivity index (χ1) is 13.5. The second kappa shape index (κ2) is 10.3. The highest BCUT2D eigenvalue weighted by molar-refractivity contribution is 6.05. The third kappa shape index (κ3) is 5.42. The van der Waals surface area contributed by atoms with Crippen LogP contribution in [-0.4, -0.2) is 42.9 Å². The van der Waals surface area contributed by atoms with Gasteiger partial charge in [-0.2, -0.15) is 0 Å². The number of anilines is 1.